The van der Waals surface area contributed by atoms with E-state index in [1.54, 1.807) is 0 Å². The molecule has 0 saturated carbocycles. The average Bonchev–Trinajstić information content (AvgIpc) is 3.78. The van der Waals surface area contributed by atoms with Crippen molar-refractivity contribution < 1.29 is 19.1 Å². The van der Waals surface area contributed by atoms with Crippen molar-refractivity contribution in [3.8, 4) is 0 Å². The Morgan fingerprint density at radius 1 is 0.725 bits per heavy atom. The SMILES string of the molecule is CC(C)(COC(=O)C(C)(C)c1ccccc1)c1ccccc1.O=C1C=C(N2CC2)C(=O)C(N2CC2)=C1N1CC1.[SnH2]. The van der Waals surface area contributed by atoms with Crippen LogP contribution in [0.25, 0.3) is 0 Å². The molecule has 40 heavy (non-hydrogen) atoms. The van der Waals surface area contributed by atoms with E-state index in [-0.39, 0.29) is 46.9 Å². The summed E-state index contributed by atoms with van der Waals surface area (Å²) < 4.78 is 5.64. The van der Waals surface area contributed by atoms with Crippen molar-refractivity contribution in [2.24, 2.45) is 0 Å². The Labute approximate surface area is 253 Å². The second kappa shape index (κ2) is 11.8. The molecule has 210 valence electrons. The fourth-order valence-electron chi connectivity index (χ4n) is 4.65. The van der Waals surface area contributed by atoms with E-state index < -0.39 is 5.41 Å². The first-order valence-corrected chi connectivity index (χ1v) is 13.7. The molecule has 0 N–H and O–H groups in total. The normalized spacial score (nSPS) is 17.9. The zero-order chi connectivity index (χ0) is 27.8. The van der Waals surface area contributed by atoms with Crippen LogP contribution in [0, 0.1) is 0 Å². The molecule has 2 aromatic carbocycles. The molecule has 1 aliphatic carbocycles. The standard InChI is InChI=1S/C20H24O2.C12H13N3O2.Sn.2H/c1-19(2,16-11-7-5-8-12-16)15-22-18(21)20(3,4)17-13-9-6-10-14-17;16-9-7-8(13-1-2-13)12(17)11(15-5-6-15)10(9)14-3-4-14;;;/h5-14H,15H2,1-4H3;7H,1-6H2;;;. The van der Waals surface area contributed by atoms with Crippen LogP contribution in [0.4, 0.5) is 0 Å². The fraction of sp³-hybridized carbons (Fsp3) is 0.406. The third-order valence-corrected chi connectivity index (χ3v) is 7.61. The van der Waals surface area contributed by atoms with Gasteiger partial charge in [-0.1, -0.05) is 74.5 Å². The van der Waals surface area contributed by atoms with Crippen LogP contribution in [-0.4, -0.2) is 102 Å². The topological polar surface area (TPSA) is 69.5 Å². The van der Waals surface area contributed by atoms with Gasteiger partial charge in [0.15, 0.2) is 0 Å². The molecule has 0 spiro atoms. The van der Waals surface area contributed by atoms with Gasteiger partial charge >= 0.3 is 29.9 Å². The first-order valence-electron chi connectivity index (χ1n) is 13.7. The average molecular weight is 648 g/mol. The zero-order valence-corrected chi connectivity index (χ0v) is 28.0. The summed E-state index contributed by atoms with van der Waals surface area (Å²) in [6.07, 6.45) is 1.52. The Morgan fingerprint density at radius 3 is 1.70 bits per heavy atom. The van der Waals surface area contributed by atoms with E-state index in [1.165, 1.54) is 11.6 Å². The van der Waals surface area contributed by atoms with Crippen molar-refractivity contribution in [3.05, 3.63) is 95.0 Å². The summed E-state index contributed by atoms with van der Waals surface area (Å²) >= 11 is 0. The van der Waals surface area contributed by atoms with Gasteiger partial charge in [-0.2, -0.15) is 0 Å². The predicted octanol–water partition coefficient (Wildman–Crippen LogP) is 2.75. The second-order valence-electron chi connectivity index (χ2n) is 11.7. The number of hydrogen-bond donors (Lipinski definition) is 0. The number of Topliss-reactive ketones (excluding diaryl/α,β-unsaturated/α-hetero) is 1. The molecule has 3 fully saturated rings. The Morgan fingerprint density at radius 2 is 1.20 bits per heavy atom. The van der Waals surface area contributed by atoms with Crippen molar-refractivity contribution >= 4 is 41.4 Å². The molecule has 6 rings (SSSR count). The predicted molar refractivity (Wildman–Crippen MR) is 158 cm³/mol. The van der Waals surface area contributed by atoms with Gasteiger partial charge < -0.3 is 19.4 Å². The number of rotatable bonds is 8. The van der Waals surface area contributed by atoms with Crippen LogP contribution in [0.1, 0.15) is 38.8 Å². The summed E-state index contributed by atoms with van der Waals surface area (Å²) in [5, 5.41) is 0. The number of benzene rings is 2. The van der Waals surface area contributed by atoms with Crippen LogP contribution in [0.15, 0.2) is 83.8 Å². The third-order valence-electron chi connectivity index (χ3n) is 7.61. The number of esters is 1. The minimum atomic E-state index is -0.645. The van der Waals surface area contributed by atoms with E-state index in [0.29, 0.717) is 23.7 Å². The molecule has 0 atom stereocenters. The van der Waals surface area contributed by atoms with Gasteiger partial charge in [0.2, 0.25) is 11.6 Å². The molecule has 0 bridgehead atoms. The summed E-state index contributed by atoms with van der Waals surface area (Å²) in [5.74, 6) is -0.143. The molecule has 0 amide bonds. The Hall–Kier alpha value is -3.07. The molecule has 0 aromatic heterocycles. The van der Waals surface area contributed by atoms with Crippen molar-refractivity contribution in [2.75, 3.05) is 45.9 Å². The van der Waals surface area contributed by atoms with Gasteiger partial charge in [0.25, 0.3) is 0 Å². The molecule has 8 heteroatoms. The summed E-state index contributed by atoms with van der Waals surface area (Å²) in [5.41, 5.74) is 3.17. The molecule has 3 heterocycles. The minimum absolute atomic E-state index is 0. The first kappa shape index (κ1) is 29.9. The van der Waals surface area contributed by atoms with Crippen LogP contribution in [0.5, 0.6) is 0 Å². The number of allylic oxidation sites excluding steroid dienone is 1. The van der Waals surface area contributed by atoms with Crippen molar-refractivity contribution in [1.82, 2.24) is 14.7 Å². The molecular formula is C32H39N3O4Sn. The Kier molecular flexibility index (Phi) is 8.83. The maximum atomic E-state index is 12.5. The third kappa shape index (κ3) is 6.62. The molecular weight excluding hydrogens is 609 g/mol. The van der Waals surface area contributed by atoms with Gasteiger partial charge in [-0.25, -0.2) is 0 Å². The summed E-state index contributed by atoms with van der Waals surface area (Å²) in [6, 6.07) is 19.9. The van der Waals surface area contributed by atoms with Gasteiger partial charge in [-0.05, 0) is 25.0 Å². The van der Waals surface area contributed by atoms with Crippen LogP contribution in [-0.2, 0) is 30.0 Å². The molecule has 0 unspecified atom stereocenters. The number of carbonyl (C=O) groups excluding carboxylic acids is 3. The van der Waals surface area contributed by atoms with Crippen LogP contribution in [0.2, 0.25) is 0 Å². The molecule has 3 saturated heterocycles. The maximum absolute atomic E-state index is 12.5. The van der Waals surface area contributed by atoms with Gasteiger partial charge in [-0.15, -0.1) is 0 Å². The summed E-state index contributed by atoms with van der Waals surface area (Å²) in [4.78, 5) is 43.0. The van der Waals surface area contributed by atoms with Gasteiger partial charge in [-0.3, -0.25) is 14.4 Å². The molecule has 4 aliphatic rings. The number of ketones is 2. The molecule has 7 nitrogen and oxygen atoms in total. The van der Waals surface area contributed by atoms with Crippen molar-refractivity contribution in [1.29, 1.82) is 0 Å². The van der Waals surface area contributed by atoms with E-state index >= 15 is 0 Å². The molecule has 3 aliphatic heterocycles. The van der Waals surface area contributed by atoms with Crippen molar-refractivity contribution in [3.63, 3.8) is 0 Å². The van der Waals surface area contributed by atoms with E-state index in [4.69, 9.17) is 4.74 Å². The van der Waals surface area contributed by atoms with E-state index in [1.807, 2.05) is 77.1 Å². The van der Waals surface area contributed by atoms with Gasteiger partial charge in [0, 0.05) is 50.8 Å². The molecule has 2 radical (unpaired) electrons. The summed E-state index contributed by atoms with van der Waals surface area (Å²) in [6.45, 7) is 13.8. The Bertz CT molecular complexity index is 1320. The number of nitrogens with zero attached hydrogens (tertiary/aromatic N) is 3. The van der Waals surface area contributed by atoms with E-state index in [0.717, 1.165) is 44.8 Å². The van der Waals surface area contributed by atoms with E-state index in [2.05, 4.69) is 26.0 Å². The Balaban J connectivity index is 0.000000185. The van der Waals surface area contributed by atoms with E-state index in [9.17, 15) is 14.4 Å². The fourth-order valence-corrected chi connectivity index (χ4v) is 4.65. The number of hydrogen-bond acceptors (Lipinski definition) is 7. The monoisotopic (exact) mass is 649 g/mol. The molecule has 2 aromatic rings. The second-order valence-corrected chi connectivity index (χ2v) is 11.7. The van der Waals surface area contributed by atoms with Crippen LogP contribution < -0.4 is 0 Å². The number of ether oxygens (including phenoxy) is 1. The van der Waals surface area contributed by atoms with Crippen LogP contribution >= 0.6 is 0 Å². The summed E-state index contributed by atoms with van der Waals surface area (Å²) in [7, 11) is 0. The number of carbonyl (C=O) groups is 3. The van der Waals surface area contributed by atoms with Crippen LogP contribution in [0.3, 0.4) is 0 Å². The quantitative estimate of drug-likeness (QED) is 0.189. The van der Waals surface area contributed by atoms with Crippen molar-refractivity contribution in [2.45, 2.75) is 38.5 Å². The van der Waals surface area contributed by atoms with Gasteiger partial charge in [0.05, 0.1) is 11.1 Å². The first-order chi connectivity index (χ1) is 18.6. The van der Waals surface area contributed by atoms with Gasteiger partial charge in [0.1, 0.15) is 18.0 Å². The zero-order valence-electron chi connectivity index (χ0n) is 24.0.